The van der Waals surface area contributed by atoms with Crippen molar-refractivity contribution in [2.75, 3.05) is 37.8 Å². The van der Waals surface area contributed by atoms with Crippen molar-refractivity contribution >= 4 is 9.84 Å². The smallest absolute Gasteiger partial charge is 0.159 e. The van der Waals surface area contributed by atoms with E-state index in [1.165, 1.54) is 0 Å². The number of sulfone groups is 1. The van der Waals surface area contributed by atoms with Gasteiger partial charge in [0.2, 0.25) is 0 Å². The topological polar surface area (TPSA) is 99.3 Å². The molecule has 1 heterocycles. The maximum Gasteiger partial charge on any atom is 0.159 e. The van der Waals surface area contributed by atoms with E-state index in [1.807, 2.05) is 0 Å². The van der Waals surface area contributed by atoms with Gasteiger partial charge in [0.25, 0.3) is 0 Å². The molecule has 0 radical (unpaired) electrons. The Kier molecular flexibility index (Phi) is 4.47. The van der Waals surface area contributed by atoms with Crippen molar-refractivity contribution in [2.24, 2.45) is 0 Å². The van der Waals surface area contributed by atoms with Gasteiger partial charge in [-0.2, -0.15) is 0 Å². The maximum absolute atomic E-state index is 11.3. The van der Waals surface area contributed by atoms with Crippen LogP contribution in [0, 0.1) is 0 Å². The molecular weight excluding hydrogens is 222 g/mol. The molecule has 7 heteroatoms. The largest absolute Gasteiger partial charge is 0.391 e. The SMILES string of the molecule is O=S1(=O)C[C@@H](O)[C@H]([NH+](CCO)CCO)C1. The van der Waals surface area contributed by atoms with Gasteiger partial charge in [-0.25, -0.2) is 8.42 Å². The van der Waals surface area contributed by atoms with E-state index in [1.54, 1.807) is 0 Å². The quantitative estimate of drug-likeness (QED) is 0.393. The molecule has 2 atom stereocenters. The summed E-state index contributed by atoms with van der Waals surface area (Å²) in [6, 6.07) is -0.422. The lowest BCUT2D eigenvalue weighted by Crippen LogP contribution is -3.18. The van der Waals surface area contributed by atoms with Crippen LogP contribution < -0.4 is 4.90 Å². The second kappa shape index (κ2) is 5.22. The van der Waals surface area contributed by atoms with Gasteiger partial charge in [-0.05, 0) is 0 Å². The third-order valence-corrected chi connectivity index (χ3v) is 4.43. The van der Waals surface area contributed by atoms with Crippen molar-refractivity contribution < 1.29 is 28.6 Å². The van der Waals surface area contributed by atoms with Crippen LogP contribution >= 0.6 is 0 Å². The fourth-order valence-corrected chi connectivity index (χ4v) is 3.90. The third-order valence-electron chi connectivity index (χ3n) is 2.71. The molecule has 15 heavy (non-hydrogen) atoms. The zero-order chi connectivity index (χ0) is 11.5. The molecular formula is C8H18NO5S+. The first-order valence-electron chi connectivity index (χ1n) is 4.95. The van der Waals surface area contributed by atoms with E-state index >= 15 is 0 Å². The Bertz CT molecular complexity index is 285. The Morgan fingerprint density at radius 2 is 1.67 bits per heavy atom. The molecule has 0 unspecified atom stereocenters. The van der Waals surface area contributed by atoms with Crippen LogP contribution in [-0.4, -0.2) is 73.7 Å². The summed E-state index contributed by atoms with van der Waals surface area (Å²) in [5.41, 5.74) is 0. The molecule has 1 rings (SSSR count). The van der Waals surface area contributed by atoms with Crippen LogP contribution in [0.2, 0.25) is 0 Å². The zero-order valence-electron chi connectivity index (χ0n) is 8.46. The fourth-order valence-electron chi connectivity index (χ4n) is 2.00. The van der Waals surface area contributed by atoms with E-state index in [0.717, 1.165) is 4.90 Å². The molecule has 1 saturated heterocycles. The second-order valence-electron chi connectivity index (χ2n) is 3.86. The van der Waals surface area contributed by atoms with Gasteiger partial charge in [0.15, 0.2) is 9.84 Å². The lowest BCUT2D eigenvalue weighted by molar-refractivity contribution is -0.926. The van der Waals surface area contributed by atoms with Gasteiger partial charge < -0.3 is 20.2 Å². The number of aliphatic hydroxyl groups excluding tert-OH is 3. The van der Waals surface area contributed by atoms with Gasteiger partial charge in [-0.3, -0.25) is 0 Å². The molecule has 6 nitrogen and oxygen atoms in total. The molecule has 0 aromatic carbocycles. The molecule has 0 spiro atoms. The minimum Gasteiger partial charge on any atom is -0.391 e. The molecule has 0 aromatic rings. The first-order chi connectivity index (χ1) is 7.00. The molecule has 0 aliphatic carbocycles. The standard InChI is InChI=1S/C8H17NO5S/c10-3-1-9(2-4-11)7-5-15(13,14)6-8(7)12/h7-8,10-12H,1-6H2/p+1/t7-,8-/m1/s1. The average Bonchev–Trinajstić information content (AvgIpc) is 2.39. The Hall–Kier alpha value is -0.210. The highest BCUT2D eigenvalue weighted by atomic mass is 32.2. The minimum absolute atomic E-state index is 0.0660. The number of hydrogen-bond donors (Lipinski definition) is 4. The van der Waals surface area contributed by atoms with Crippen LogP contribution in [0.15, 0.2) is 0 Å². The van der Waals surface area contributed by atoms with E-state index in [-0.39, 0.29) is 24.7 Å². The van der Waals surface area contributed by atoms with E-state index in [4.69, 9.17) is 10.2 Å². The summed E-state index contributed by atoms with van der Waals surface area (Å²) >= 11 is 0. The minimum atomic E-state index is -3.16. The second-order valence-corrected chi connectivity index (χ2v) is 6.01. The van der Waals surface area contributed by atoms with E-state index < -0.39 is 22.0 Å². The van der Waals surface area contributed by atoms with E-state index in [0.29, 0.717) is 13.1 Å². The van der Waals surface area contributed by atoms with Crippen molar-refractivity contribution in [1.29, 1.82) is 0 Å². The molecule has 0 bridgehead atoms. The van der Waals surface area contributed by atoms with Gasteiger partial charge >= 0.3 is 0 Å². The van der Waals surface area contributed by atoms with Gasteiger partial charge in [0.05, 0.1) is 19.0 Å². The van der Waals surface area contributed by atoms with Crippen LogP contribution in [0.1, 0.15) is 0 Å². The van der Waals surface area contributed by atoms with Crippen LogP contribution in [0.4, 0.5) is 0 Å². The van der Waals surface area contributed by atoms with Crippen LogP contribution in [0.5, 0.6) is 0 Å². The van der Waals surface area contributed by atoms with Gasteiger partial charge in [0.1, 0.15) is 31.0 Å². The Morgan fingerprint density at radius 3 is 2.00 bits per heavy atom. The lowest BCUT2D eigenvalue weighted by atomic mass is 10.2. The van der Waals surface area contributed by atoms with Crippen molar-refractivity contribution in [3.63, 3.8) is 0 Å². The fraction of sp³-hybridized carbons (Fsp3) is 1.00. The summed E-state index contributed by atoms with van der Waals surface area (Å²) in [7, 11) is -3.16. The molecule has 1 fully saturated rings. The Morgan fingerprint density at radius 1 is 1.13 bits per heavy atom. The summed E-state index contributed by atoms with van der Waals surface area (Å²) < 4.78 is 22.5. The van der Waals surface area contributed by atoms with Gasteiger partial charge in [0, 0.05) is 0 Å². The third kappa shape index (κ3) is 3.39. The predicted molar refractivity (Wildman–Crippen MR) is 53.3 cm³/mol. The maximum atomic E-state index is 11.3. The lowest BCUT2D eigenvalue weighted by Gasteiger charge is -2.25. The number of hydrogen-bond acceptors (Lipinski definition) is 5. The zero-order valence-corrected chi connectivity index (χ0v) is 9.28. The number of aliphatic hydroxyl groups is 3. The molecule has 0 saturated carbocycles. The molecule has 90 valence electrons. The van der Waals surface area contributed by atoms with Crippen LogP contribution in [0.3, 0.4) is 0 Å². The summed E-state index contributed by atoms with van der Waals surface area (Å²) in [6.45, 7) is 0.521. The first-order valence-corrected chi connectivity index (χ1v) is 6.77. The molecule has 1 aliphatic rings. The summed E-state index contributed by atoms with van der Waals surface area (Å²) in [5, 5.41) is 27.2. The number of quaternary nitrogens is 1. The van der Waals surface area contributed by atoms with Crippen molar-refractivity contribution in [1.82, 2.24) is 0 Å². The normalized spacial score (nSPS) is 29.9. The summed E-state index contributed by atoms with van der Waals surface area (Å²) in [4.78, 5) is 0.744. The highest BCUT2D eigenvalue weighted by Gasteiger charge is 2.42. The van der Waals surface area contributed by atoms with E-state index in [9.17, 15) is 13.5 Å². The summed E-state index contributed by atoms with van der Waals surface area (Å²) in [6.07, 6.45) is -0.886. The van der Waals surface area contributed by atoms with Crippen LogP contribution in [-0.2, 0) is 9.84 Å². The highest BCUT2D eigenvalue weighted by molar-refractivity contribution is 7.91. The molecule has 0 aromatic heterocycles. The van der Waals surface area contributed by atoms with Gasteiger partial charge in [-0.1, -0.05) is 0 Å². The molecule has 0 amide bonds. The Balaban J connectivity index is 2.67. The average molecular weight is 240 g/mol. The van der Waals surface area contributed by atoms with Crippen molar-refractivity contribution in [3.8, 4) is 0 Å². The van der Waals surface area contributed by atoms with Crippen molar-refractivity contribution in [2.45, 2.75) is 12.1 Å². The van der Waals surface area contributed by atoms with Gasteiger partial charge in [-0.15, -0.1) is 0 Å². The molecule has 4 N–H and O–H groups in total. The van der Waals surface area contributed by atoms with Crippen molar-refractivity contribution in [3.05, 3.63) is 0 Å². The number of nitrogens with one attached hydrogen (secondary N) is 1. The molecule has 1 aliphatic heterocycles. The monoisotopic (exact) mass is 240 g/mol. The van der Waals surface area contributed by atoms with E-state index in [2.05, 4.69) is 0 Å². The van der Waals surface area contributed by atoms with Crippen LogP contribution in [0.25, 0.3) is 0 Å². The summed E-state index contributed by atoms with van der Waals surface area (Å²) in [5.74, 6) is -0.276. The predicted octanol–water partition coefficient (Wildman–Crippen LogP) is -3.99. The Labute approximate surface area is 89.1 Å². The first kappa shape index (κ1) is 12.9. The highest BCUT2D eigenvalue weighted by Crippen LogP contribution is 2.09. The number of rotatable bonds is 5.